The molecule has 1 aliphatic carbocycles. The highest BCUT2D eigenvalue weighted by molar-refractivity contribution is 8.00. The topological polar surface area (TPSA) is 12.0 Å². The molecular weight excluding hydrogens is 271 g/mol. The Bertz CT molecular complexity index is 398. The second-order valence-corrected chi connectivity index (χ2v) is 6.13. The first-order chi connectivity index (χ1) is 8.96. The summed E-state index contributed by atoms with van der Waals surface area (Å²) in [6.07, 6.45) is 2.33. The number of thioether (sulfide) groups is 1. The molecular formula is C14H18F3NS. The van der Waals surface area contributed by atoms with Crippen LogP contribution in [0.2, 0.25) is 0 Å². The SMILES string of the molecule is Cc1ccc(C(NCCSC(F)(F)F)C2CC2)cc1. The molecule has 5 heteroatoms. The molecule has 0 saturated heterocycles. The van der Waals surface area contributed by atoms with Crippen LogP contribution >= 0.6 is 11.8 Å². The zero-order valence-corrected chi connectivity index (χ0v) is 11.7. The molecule has 1 fully saturated rings. The molecule has 1 N–H and O–H groups in total. The van der Waals surface area contributed by atoms with Gasteiger partial charge in [-0.1, -0.05) is 29.8 Å². The van der Waals surface area contributed by atoms with Crippen molar-refractivity contribution in [3.8, 4) is 0 Å². The van der Waals surface area contributed by atoms with Gasteiger partial charge in [-0.05, 0) is 43.0 Å². The average Bonchev–Trinajstić information content (AvgIpc) is 3.14. The molecule has 0 aromatic heterocycles. The second-order valence-electron chi connectivity index (χ2n) is 4.97. The monoisotopic (exact) mass is 289 g/mol. The Balaban J connectivity index is 1.85. The molecule has 1 nitrogen and oxygen atoms in total. The summed E-state index contributed by atoms with van der Waals surface area (Å²) in [5.41, 5.74) is -1.74. The van der Waals surface area contributed by atoms with Gasteiger partial charge in [0, 0.05) is 18.3 Å². The molecule has 0 amide bonds. The molecule has 0 radical (unpaired) electrons. The fraction of sp³-hybridized carbons (Fsp3) is 0.571. The van der Waals surface area contributed by atoms with Crippen LogP contribution in [-0.2, 0) is 0 Å². The minimum absolute atomic E-state index is 0.0428. The summed E-state index contributed by atoms with van der Waals surface area (Å²) in [4.78, 5) is 0. The lowest BCUT2D eigenvalue weighted by molar-refractivity contribution is -0.0327. The number of alkyl halides is 3. The smallest absolute Gasteiger partial charge is 0.309 e. The molecule has 2 rings (SSSR count). The largest absolute Gasteiger partial charge is 0.441 e. The molecule has 1 aliphatic rings. The molecule has 1 saturated carbocycles. The maximum absolute atomic E-state index is 12.1. The van der Waals surface area contributed by atoms with E-state index in [1.807, 2.05) is 6.92 Å². The van der Waals surface area contributed by atoms with Crippen molar-refractivity contribution in [1.82, 2.24) is 5.32 Å². The Morgan fingerprint density at radius 3 is 2.42 bits per heavy atom. The summed E-state index contributed by atoms with van der Waals surface area (Å²) >= 11 is 0.0428. The predicted molar refractivity (Wildman–Crippen MR) is 73.2 cm³/mol. The maximum atomic E-state index is 12.1. The number of rotatable bonds is 6. The van der Waals surface area contributed by atoms with E-state index in [2.05, 4.69) is 29.6 Å². The average molecular weight is 289 g/mol. The Labute approximate surface area is 116 Å². The quantitative estimate of drug-likeness (QED) is 0.784. The van der Waals surface area contributed by atoms with E-state index in [1.54, 1.807) is 0 Å². The van der Waals surface area contributed by atoms with Crippen LogP contribution in [0.25, 0.3) is 0 Å². The Morgan fingerprint density at radius 2 is 1.89 bits per heavy atom. The summed E-state index contributed by atoms with van der Waals surface area (Å²) in [5.74, 6) is 0.650. The third-order valence-corrected chi connectivity index (χ3v) is 4.00. The van der Waals surface area contributed by atoms with Gasteiger partial charge >= 0.3 is 5.51 Å². The Hall–Kier alpha value is -0.680. The lowest BCUT2D eigenvalue weighted by Crippen LogP contribution is -2.26. The van der Waals surface area contributed by atoms with E-state index in [1.165, 1.54) is 11.1 Å². The van der Waals surface area contributed by atoms with Crippen LogP contribution in [0, 0.1) is 12.8 Å². The third kappa shape index (κ3) is 5.07. The molecule has 0 aliphatic heterocycles. The van der Waals surface area contributed by atoms with Crippen molar-refractivity contribution >= 4 is 11.8 Å². The highest BCUT2D eigenvalue weighted by Gasteiger charge is 2.32. The highest BCUT2D eigenvalue weighted by atomic mass is 32.2. The van der Waals surface area contributed by atoms with Gasteiger partial charge in [-0.15, -0.1) is 0 Å². The number of nitrogens with one attached hydrogen (secondary N) is 1. The normalized spacial score (nSPS) is 17.5. The van der Waals surface area contributed by atoms with Gasteiger partial charge < -0.3 is 5.32 Å². The first-order valence-corrected chi connectivity index (χ1v) is 7.45. The fourth-order valence-corrected chi connectivity index (χ4v) is 2.59. The van der Waals surface area contributed by atoms with E-state index in [4.69, 9.17) is 0 Å². The predicted octanol–water partition coefficient (Wildman–Crippen LogP) is 4.29. The third-order valence-electron chi connectivity index (χ3n) is 3.26. The van der Waals surface area contributed by atoms with Crippen LogP contribution in [0.3, 0.4) is 0 Å². The standard InChI is InChI=1S/C14H18F3NS/c1-10-2-4-11(5-3-10)13(12-6-7-12)18-8-9-19-14(15,16)17/h2-5,12-13,18H,6-9H2,1H3. The molecule has 1 aromatic carbocycles. The Morgan fingerprint density at radius 1 is 1.26 bits per heavy atom. The van der Waals surface area contributed by atoms with Crippen molar-refractivity contribution in [2.75, 3.05) is 12.3 Å². The van der Waals surface area contributed by atoms with E-state index in [0.29, 0.717) is 12.5 Å². The summed E-state index contributed by atoms with van der Waals surface area (Å²) in [6, 6.07) is 8.45. The first kappa shape index (κ1) is 14.7. The van der Waals surface area contributed by atoms with E-state index < -0.39 is 5.51 Å². The van der Waals surface area contributed by atoms with Gasteiger partial charge in [-0.3, -0.25) is 0 Å². The molecule has 106 valence electrons. The van der Waals surface area contributed by atoms with Gasteiger partial charge in [0.15, 0.2) is 0 Å². The number of hydrogen-bond acceptors (Lipinski definition) is 2. The summed E-state index contributed by atoms with van der Waals surface area (Å²) in [7, 11) is 0. The van der Waals surface area contributed by atoms with Crippen molar-refractivity contribution in [3.05, 3.63) is 35.4 Å². The van der Waals surface area contributed by atoms with E-state index in [9.17, 15) is 13.2 Å². The molecule has 1 atom stereocenters. The minimum Gasteiger partial charge on any atom is -0.309 e. The summed E-state index contributed by atoms with van der Waals surface area (Å²) in [6.45, 7) is 2.42. The highest BCUT2D eigenvalue weighted by Crippen LogP contribution is 2.41. The zero-order chi connectivity index (χ0) is 13.9. The van der Waals surface area contributed by atoms with Gasteiger partial charge in [0.2, 0.25) is 0 Å². The van der Waals surface area contributed by atoms with Crippen LogP contribution in [0.15, 0.2) is 24.3 Å². The van der Waals surface area contributed by atoms with Crippen molar-refractivity contribution in [1.29, 1.82) is 0 Å². The first-order valence-electron chi connectivity index (χ1n) is 6.46. The van der Waals surface area contributed by atoms with Gasteiger partial charge in [0.25, 0.3) is 0 Å². The van der Waals surface area contributed by atoms with Gasteiger partial charge in [-0.2, -0.15) is 13.2 Å². The molecule has 19 heavy (non-hydrogen) atoms. The summed E-state index contributed by atoms with van der Waals surface area (Å²) in [5, 5.41) is 3.27. The number of hydrogen-bond donors (Lipinski definition) is 1. The van der Waals surface area contributed by atoms with Crippen LogP contribution in [0.1, 0.15) is 30.0 Å². The van der Waals surface area contributed by atoms with E-state index >= 15 is 0 Å². The van der Waals surface area contributed by atoms with Crippen molar-refractivity contribution < 1.29 is 13.2 Å². The second kappa shape index (κ2) is 6.18. The van der Waals surface area contributed by atoms with Crippen molar-refractivity contribution in [2.45, 2.75) is 31.3 Å². The van der Waals surface area contributed by atoms with Crippen molar-refractivity contribution in [3.63, 3.8) is 0 Å². The van der Waals surface area contributed by atoms with Crippen LogP contribution < -0.4 is 5.32 Å². The maximum Gasteiger partial charge on any atom is 0.441 e. The minimum atomic E-state index is -4.12. The van der Waals surface area contributed by atoms with Gasteiger partial charge in [-0.25, -0.2) is 0 Å². The van der Waals surface area contributed by atoms with Gasteiger partial charge in [0.1, 0.15) is 0 Å². The van der Waals surface area contributed by atoms with Crippen LogP contribution in [-0.4, -0.2) is 17.8 Å². The number of halogens is 3. The van der Waals surface area contributed by atoms with E-state index in [-0.39, 0.29) is 23.6 Å². The van der Waals surface area contributed by atoms with Crippen LogP contribution in [0.4, 0.5) is 13.2 Å². The molecule has 0 heterocycles. The number of aryl methyl sites for hydroxylation is 1. The molecule has 0 spiro atoms. The van der Waals surface area contributed by atoms with Gasteiger partial charge in [0.05, 0.1) is 0 Å². The summed E-state index contributed by atoms with van der Waals surface area (Å²) < 4.78 is 36.2. The Kier molecular flexibility index (Phi) is 4.79. The fourth-order valence-electron chi connectivity index (χ4n) is 2.14. The lowest BCUT2D eigenvalue weighted by Gasteiger charge is -2.19. The lowest BCUT2D eigenvalue weighted by atomic mass is 10.0. The van der Waals surface area contributed by atoms with Crippen LogP contribution in [0.5, 0.6) is 0 Å². The number of benzene rings is 1. The molecule has 1 unspecified atom stereocenters. The molecule has 0 bridgehead atoms. The zero-order valence-electron chi connectivity index (χ0n) is 10.8. The molecule has 1 aromatic rings. The van der Waals surface area contributed by atoms with Crippen molar-refractivity contribution in [2.24, 2.45) is 5.92 Å². The van der Waals surface area contributed by atoms with E-state index in [0.717, 1.165) is 12.8 Å².